The summed E-state index contributed by atoms with van der Waals surface area (Å²) in [5.41, 5.74) is 2.44. The fraction of sp³-hybridized carbons (Fsp3) is 0.167. The Kier molecular flexibility index (Phi) is 2.17. The molecule has 0 radical (unpaired) electrons. The number of hydrogen-bond acceptors (Lipinski definition) is 1. The Hall–Kier alpha value is -1.50. The van der Waals surface area contributed by atoms with E-state index in [-0.39, 0.29) is 0 Å². The van der Waals surface area contributed by atoms with E-state index in [1.54, 1.807) is 6.26 Å². The highest BCUT2D eigenvalue weighted by Crippen LogP contribution is 2.24. The van der Waals surface area contributed by atoms with Crippen LogP contribution >= 0.6 is 0 Å². The zero-order chi connectivity index (χ0) is 9.10. The van der Waals surface area contributed by atoms with Crippen molar-refractivity contribution in [2.45, 2.75) is 13.3 Å². The minimum atomic E-state index is 0.942. The average Bonchev–Trinajstić information content (AvgIpc) is 2.67. The van der Waals surface area contributed by atoms with Crippen molar-refractivity contribution < 1.29 is 4.42 Å². The summed E-state index contributed by atoms with van der Waals surface area (Å²) in [5.74, 6) is 1.06. The van der Waals surface area contributed by atoms with Gasteiger partial charge in [0.25, 0.3) is 0 Å². The second-order valence-corrected chi connectivity index (χ2v) is 2.98. The highest BCUT2D eigenvalue weighted by Gasteiger charge is 2.04. The van der Waals surface area contributed by atoms with Crippen LogP contribution in [0.2, 0.25) is 0 Å². The predicted octanol–water partition coefficient (Wildman–Crippen LogP) is 3.51. The molecule has 0 atom stereocenters. The molecule has 0 amide bonds. The van der Waals surface area contributed by atoms with Crippen LogP contribution < -0.4 is 0 Å². The molecule has 1 heteroatoms. The lowest BCUT2D eigenvalue weighted by atomic mass is 10.1. The van der Waals surface area contributed by atoms with Gasteiger partial charge in [0.1, 0.15) is 5.76 Å². The van der Waals surface area contributed by atoms with Gasteiger partial charge in [0, 0.05) is 12.0 Å². The van der Waals surface area contributed by atoms with E-state index in [9.17, 15) is 0 Å². The van der Waals surface area contributed by atoms with E-state index in [1.807, 2.05) is 24.3 Å². The third-order valence-corrected chi connectivity index (χ3v) is 2.15. The SMILES string of the molecule is CCc1occc1-c1ccccc1. The molecule has 0 bridgehead atoms. The molecule has 66 valence electrons. The van der Waals surface area contributed by atoms with Crippen molar-refractivity contribution in [2.24, 2.45) is 0 Å². The summed E-state index contributed by atoms with van der Waals surface area (Å²) in [7, 11) is 0. The monoisotopic (exact) mass is 172 g/mol. The van der Waals surface area contributed by atoms with Crippen molar-refractivity contribution in [2.75, 3.05) is 0 Å². The maximum Gasteiger partial charge on any atom is 0.111 e. The summed E-state index contributed by atoms with van der Waals surface area (Å²) in [6.45, 7) is 2.10. The van der Waals surface area contributed by atoms with Crippen molar-refractivity contribution >= 4 is 0 Å². The Morgan fingerprint density at radius 2 is 1.85 bits per heavy atom. The molecule has 2 aromatic rings. The van der Waals surface area contributed by atoms with Gasteiger partial charge in [0.2, 0.25) is 0 Å². The van der Waals surface area contributed by atoms with Gasteiger partial charge < -0.3 is 4.42 Å². The van der Waals surface area contributed by atoms with Crippen molar-refractivity contribution in [3.8, 4) is 11.1 Å². The summed E-state index contributed by atoms with van der Waals surface area (Å²) < 4.78 is 5.37. The molecule has 0 saturated carbocycles. The van der Waals surface area contributed by atoms with E-state index < -0.39 is 0 Å². The summed E-state index contributed by atoms with van der Waals surface area (Å²) in [5, 5.41) is 0. The largest absolute Gasteiger partial charge is 0.469 e. The molecule has 1 heterocycles. The lowest BCUT2D eigenvalue weighted by molar-refractivity contribution is 0.517. The summed E-state index contributed by atoms with van der Waals surface area (Å²) in [6, 6.07) is 12.3. The molecular formula is C12H12O. The smallest absolute Gasteiger partial charge is 0.111 e. The molecule has 1 nitrogen and oxygen atoms in total. The van der Waals surface area contributed by atoms with Crippen LogP contribution in [0.3, 0.4) is 0 Å². The van der Waals surface area contributed by atoms with Gasteiger partial charge in [-0.2, -0.15) is 0 Å². The Bertz CT molecular complexity index is 373. The van der Waals surface area contributed by atoms with Gasteiger partial charge in [-0.15, -0.1) is 0 Å². The molecule has 1 aromatic carbocycles. The standard InChI is InChI=1S/C12H12O/c1-2-12-11(8-9-13-12)10-6-4-3-5-7-10/h3-9H,2H2,1H3. The molecule has 0 aliphatic rings. The van der Waals surface area contributed by atoms with Crippen LogP contribution in [-0.4, -0.2) is 0 Å². The minimum Gasteiger partial charge on any atom is -0.469 e. The maximum absolute atomic E-state index is 5.37. The first kappa shape index (κ1) is 8.11. The van der Waals surface area contributed by atoms with Crippen molar-refractivity contribution in [1.29, 1.82) is 0 Å². The number of rotatable bonds is 2. The Labute approximate surface area is 78.0 Å². The van der Waals surface area contributed by atoms with Gasteiger partial charge >= 0.3 is 0 Å². The molecule has 0 spiro atoms. The van der Waals surface area contributed by atoms with Gasteiger partial charge in [-0.05, 0) is 11.6 Å². The minimum absolute atomic E-state index is 0.942. The Morgan fingerprint density at radius 1 is 1.08 bits per heavy atom. The normalized spacial score (nSPS) is 10.2. The van der Waals surface area contributed by atoms with E-state index in [1.165, 1.54) is 11.1 Å². The van der Waals surface area contributed by atoms with Gasteiger partial charge in [0.15, 0.2) is 0 Å². The number of aryl methyl sites for hydroxylation is 1. The Morgan fingerprint density at radius 3 is 2.54 bits per heavy atom. The van der Waals surface area contributed by atoms with Crippen LogP contribution in [0, 0.1) is 0 Å². The number of benzene rings is 1. The third kappa shape index (κ3) is 1.50. The summed E-state index contributed by atoms with van der Waals surface area (Å²) in [4.78, 5) is 0. The van der Waals surface area contributed by atoms with Gasteiger partial charge in [-0.25, -0.2) is 0 Å². The first-order chi connectivity index (χ1) is 6.42. The lowest BCUT2D eigenvalue weighted by Crippen LogP contribution is -1.80. The molecule has 0 N–H and O–H groups in total. The highest BCUT2D eigenvalue weighted by molar-refractivity contribution is 5.65. The molecular weight excluding hydrogens is 160 g/mol. The second-order valence-electron chi connectivity index (χ2n) is 2.98. The van der Waals surface area contributed by atoms with Crippen LogP contribution in [0.4, 0.5) is 0 Å². The number of furan rings is 1. The van der Waals surface area contributed by atoms with Crippen LogP contribution in [0.15, 0.2) is 47.1 Å². The van der Waals surface area contributed by atoms with Crippen LogP contribution in [0.1, 0.15) is 12.7 Å². The van der Waals surface area contributed by atoms with E-state index in [2.05, 4.69) is 19.1 Å². The molecule has 0 aliphatic carbocycles. The van der Waals surface area contributed by atoms with E-state index in [0.29, 0.717) is 0 Å². The zero-order valence-electron chi connectivity index (χ0n) is 7.66. The fourth-order valence-electron chi connectivity index (χ4n) is 1.49. The van der Waals surface area contributed by atoms with Crippen LogP contribution in [0.25, 0.3) is 11.1 Å². The van der Waals surface area contributed by atoms with Gasteiger partial charge in [0.05, 0.1) is 6.26 Å². The molecule has 0 saturated heterocycles. The number of hydrogen-bond donors (Lipinski definition) is 0. The van der Waals surface area contributed by atoms with Crippen molar-refractivity contribution in [3.63, 3.8) is 0 Å². The molecule has 0 unspecified atom stereocenters. The first-order valence-electron chi connectivity index (χ1n) is 4.53. The first-order valence-corrected chi connectivity index (χ1v) is 4.53. The van der Waals surface area contributed by atoms with E-state index in [4.69, 9.17) is 4.42 Å². The summed E-state index contributed by atoms with van der Waals surface area (Å²) in [6.07, 6.45) is 2.69. The molecule has 1 aromatic heterocycles. The topological polar surface area (TPSA) is 13.1 Å². The van der Waals surface area contributed by atoms with E-state index >= 15 is 0 Å². The van der Waals surface area contributed by atoms with Gasteiger partial charge in [-0.3, -0.25) is 0 Å². The van der Waals surface area contributed by atoms with Crippen LogP contribution in [0.5, 0.6) is 0 Å². The maximum atomic E-state index is 5.37. The van der Waals surface area contributed by atoms with Gasteiger partial charge in [-0.1, -0.05) is 37.3 Å². The quantitative estimate of drug-likeness (QED) is 0.675. The molecule has 13 heavy (non-hydrogen) atoms. The van der Waals surface area contributed by atoms with Crippen LogP contribution in [-0.2, 0) is 6.42 Å². The van der Waals surface area contributed by atoms with E-state index in [0.717, 1.165) is 12.2 Å². The third-order valence-electron chi connectivity index (χ3n) is 2.15. The predicted molar refractivity (Wildman–Crippen MR) is 53.5 cm³/mol. The fourth-order valence-corrected chi connectivity index (χ4v) is 1.49. The molecule has 0 fully saturated rings. The molecule has 2 rings (SSSR count). The lowest BCUT2D eigenvalue weighted by Gasteiger charge is -1.98. The van der Waals surface area contributed by atoms with Crippen molar-refractivity contribution in [1.82, 2.24) is 0 Å². The average molecular weight is 172 g/mol. The molecule has 0 aliphatic heterocycles. The second kappa shape index (κ2) is 3.48. The Balaban J connectivity index is 2.47. The zero-order valence-corrected chi connectivity index (χ0v) is 7.66. The highest BCUT2D eigenvalue weighted by atomic mass is 16.3. The van der Waals surface area contributed by atoms with Crippen molar-refractivity contribution in [3.05, 3.63) is 48.4 Å². The summed E-state index contributed by atoms with van der Waals surface area (Å²) >= 11 is 0.